The topological polar surface area (TPSA) is 68.8 Å². The van der Waals surface area contributed by atoms with Crippen LogP contribution in [0.4, 0.5) is 0 Å². The lowest BCUT2D eigenvalue weighted by molar-refractivity contribution is 0.0520. The molecule has 1 aliphatic heterocycles. The van der Waals surface area contributed by atoms with Gasteiger partial charge in [-0.2, -0.15) is 0 Å². The number of rotatable bonds is 8. The fourth-order valence-electron chi connectivity index (χ4n) is 5.15. The Morgan fingerprint density at radius 1 is 1.14 bits per heavy atom. The molecule has 2 atom stereocenters. The van der Waals surface area contributed by atoms with E-state index in [1.807, 2.05) is 18.2 Å². The molecule has 2 N–H and O–H groups in total. The Bertz CT molecular complexity index is 1200. The first-order valence-corrected chi connectivity index (χ1v) is 12.8. The molecule has 5 rings (SSSR count). The largest absolute Gasteiger partial charge is 0.491 e. The predicted octanol–water partition coefficient (Wildman–Crippen LogP) is 4.01. The molecule has 1 unspecified atom stereocenters. The number of piperazine rings is 1. The van der Waals surface area contributed by atoms with E-state index in [1.165, 1.54) is 31.0 Å². The second-order valence-corrected chi connectivity index (χ2v) is 9.80. The number of pyridine rings is 1. The minimum Gasteiger partial charge on any atom is -0.491 e. The Morgan fingerprint density at radius 3 is 2.80 bits per heavy atom. The molecule has 6 nitrogen and oxygen atoms in total. The van der Waals surface area contributed by atoms with Crippen molar-refractivity contribution in [3.63, 3.8) is 0 Å². The highest BCUT2D eigenvalue weighted by Gasteiger charge is 2.22. The van der Waals surface area contributed by atoms with Gasteiger partial charge in [-0.1, -0.05) is 36.0 Å². The van der Waals surface area contributed by atoms with Gasteiger partial charge in [-0.05, 0) is 61.9 Å². The Balaban J connectivity index is 1.04. The van der Waals surface area contributed by atoms with Gasteiger partial charge in [-0.3, -0.25) is 9.69 Å². The smallest absolute Gasteiger partial charge is 0.248 e. The van der Waals surface area contributed by atoms with Gasteiger partial charge in [0, 0.05) is 55.4 Å². The van der Waals surface area contributed by atoms with Gasteiger partial charge in [0.25, 0.3) is 0 Å². The molecular formula is C29H35N3O3. The molecule has 2 heterocycles. The monoisotopic (exact) mass is 473 g/mol. The standard InChI is InChI=1S/C29H35N3O3/c33-26(21-35-27-11-12-28-24(19-27)8-13-29(34)30-28)20-31-14-16-32(17-15-31)25-9-6-23(7-10-25)18-22-4-2-1-3-5-22/h1-2,4,6,8-13,19,23,26,33H,3,5,7,14-18,20-21H2,(H,30,34)/t23?,26-/m0/s1. The average molecular weight is 474 g/mol. The molecule has 0 saturated carbocycles. The highest BCUT2D eigenvalue weighted by molar-refractivity contribution is 5.79. The highest BCUT2D eigenvalue weighted by atomic mass is 16.5. The number of ether oxygens (including phenoxy) is 1. The van der Waals surface area contributed by atoms with Crippen molar-refractivity contribution in [2.24, 2.45) is 5.92 Å². The first-order valence-electron chi connectivity index (χ1n) is 12.8. The number of allylic oxidation sites excluding steroid dienone is 7. The minimum absolute atomic E-state index is 0.118. The number of β-amino-alcohol motifs (C(OH)–C–C–N with tert-alkyl or cyclic N) is 1. The van der Waals surface area contributed by atoms with Gasteiger partial charge >= 0.3 is 0 Å². The number of aromatic nitrogens is 1. The number of nitrogens with one attached hydrogen (secondary N) is 1. The molecule has 1 aromatic carbocycles. The van der Waals surface area contributed by atoms with Crippen LogP contribution in [-0.4, -0.2) is 65.3 Å². The number of hydrogen-bond donors (Lipinski definition) is 2. The van der Waals surface area contributed by atoms with Crippen molar-refractivity contribution in [1.82, 2.24) is 14.8 Å². The SMILES string of the molecule is O=c1ccc2cc(OC[C@@H](O)CN3CCN(C4=CCC(CC5=CC=CCC5)C=C4)CC3)ccc2[nH]1. The Labute approximate surface area is 206 Å². The summed E-state index contributed by atoms with van der Waals surface area (Å²) in [6.45, 7) is 4.69. The molecule has 184 valence electrons. The van der Waals surface area contributed by atoms with E-state index in [9.17, 15) is 9.90 Å². The van der Waals surface area contributed by atoms with E-state index in [0.29, 0.717) is 18.2 Å². The average Bonchev–Trinajstić information content (AvgIpc) is 2.89. The van der Waals surface area contributed by atoms with Crippen molar-refractivity contribution >= 4 is 10.9 Å². The quantitative estimate of drug-likeness (QED) is 0.606. The zero-order valence-electron chi connectivity index (χ0n) is 20.2. The van der Waals surface area contributed by atoms with Gasteiger partial charge in [0.05, 0.1) is 0 Å². The zero-order valence-corrected chi connectivity index (χ0v) is 20.2. The van der Waals surface area contributed by atoms with E-state index < -0.39 is 6.10 Å². The summed E-state index contributed by atoms with van der Waals surface area (Å²) >= 11 is 0. The second-order valence-electron chi connectivity index (χ2n) is 9.80. The molecule has 6 heteroatoms. The van der Waals surface area contributed by atoms with Crippen molar-refractivity contribution in [3.05, 3.63) is 88.4 Å². The van der Waals surface area contributed by atoms with Crippen molar-refractivity contribution in [2.75, 3.05) is 39.3 Å². The molecule has 0 amide bonds. The number of benzene rings is 1. The Kier molecular flexibility index (Phi) is 7.50. The van der Waals surface area contributed by atoms with E-state index in [-0.39, 0.29) is 12.2 Å². The van der Waals surface area contributed by atoms with E-state index in [1.54, 1.807) is 11.6 Å². The minimum atomic E-state index is -0.550. The second kappa shape index (κ2) is 11.1. The summed E-state index contributed by atoms with van der Waals surface area (Å²) in [5.74, 6) is 1.32. The van der Waals surface area contributed by atoms with Crippen LogP contribution in [-0.2, 0) is 0 Å². The molecule has 1 saturated heterocycles. The van der Waals surface area contributed by atoms with Crippen LogP contribution in [0.5, 0.6) is 5.75 Å². The molecule has 35 heavy (non-hydrogen) atoms. The molecule has 2 aliphatic carbocycles. The lowest BCUT2D eigenvalue weighted by Gasteiger charge is -2.38. The van der Waals surface area contributed by atoms with Crippen molar-refractivity contribution < 1.29 is 9.84 Å². The fraction of sp³-hybridized carbons (Fsp3) is 0.414. The van der Waals surface area contributed by atoms with E-state index in [2.05, 4.69) is 51.2 Å². The van der Waals surface area contributed by atoms with E-state index >= 15 is 0 Å². The van der Waals surface area contributed by atoms with Crippen LogP contribution in [0.3, 0.4) is 0 Å². The number of aliphatic hydroxyl groups excluding tert-OH is 1. The van der Waals surface area contributed by atoms with Gasteiger partial charge in [-0.15, -0.1) is 0 Å². The van der Waals surface area contributed by atoms with Gasteiger partial charge < -0.3 is 19.7 Å². The van der Waals surface area contributed by atoms with Gasteiger partial charge in [-0.25, -0.2) is 0 Å². The maximum Gasteiger partial charge on any atom is 0.248 e. The third kappa shape index (κ3) is 6.32. The van der Waals surface area contributed by atoms with E-state index in [0.717, 1.165) is 43.5 Å². The Morgan fingerprint density at radius 2 is 2.03 bits per heavy atom. The van der Waals surface area contributed by atoms with Crippen LogP contribution in [0.1, 0.15) is 25.7 Å². The molecule has 1 fully saturated rings. The lowest BCUT2D eigenvalue weighted by atomic mass is 9.89. The first-order chi connectivity index (χ1) is 17.1. The molecular weight excluding hydrogens is 438 g/mol. The summed E-state index contributed by atoms with van der Waals surface area (Å²) in [7, 11) is 0. The molecule has 0 spiro atoms. The summed E-state index contributed by atoms with van der Waals surface area (Å²) in [6.07, 6.45) is 18.0. The molecule has 1 aromatic heterocycles. The predicted molar refractivity (Wildman–Crippen MR) is 140 cm³/mol. The highest BCUT2D eigenvalue weighted by Crippen LogP contribution is 2.28. The van der Waals surface area contributed by atoms with E-state index in [4.69, 9.17) is 4.74 Å². The molecule has 3 aliphatic rings. The Hall–Kier alpha value is -3.09. The lowest BCUT2D eigenvalue weighted by Crippen LogP contribution is -2.48. The van der Waals surface area contributed by atoms with Crippen LogP contribution < -0.4 is 10.3 Å². The number of H-pyrrole nitrogens is 1. The van der Waals surface area contributed by atoms with Crippen molar-refractivity contribution in [1.29, 1.82) is 0 Å². The first kappa shape index (κ1) is 23.6. The van der Waals surface area contributed by atoms with Crippen LogP contribution in [0, 0.1) is 5.92 Å². The summed E-state index contributed by atoms with van der Waals surface area (Å²) in [6, 6.07) is 8.82. The van der Waals surface area contributed by atoms with Crippen molar-refractivity contribution in [3.8, 4) is 5.75 Å². The van der Waals surface area contributed by atoms with Gasteiger partial charge in [0.1, 0.15) is 18.5 Å². The zero-order chi connectivity index (χ0) is 24.0. The maximum atomic E-state index is 11.4. The van der Waals surface area contributed by atoms with Gasteiger partial charge in [0.2, 0.25) is 5.56 Å². The number of aromatic amines is 1. The normalized spacial score (nSPS) is 21.6. The van der Waals surface area contributed by atoms with Crippen LogP contribution in [0.25, 0.3) is 10.9 Å². The molecule has 0 radical (unpaired) electrons. The molecule has 2 aromatic rings. The summed E-state index contributed by atoms with van der Waals surface area (Å²) in [5.41, 5.74) is 3.58. The molecule has 0 bridgehead atoms. The summed E-state index contributed by atoms with van der Waals surface area (Å²) in [5, 5.41) is 11.4. The number of nitrogens with zero attached hydrogens (tertiary/aromatic N) is 2. The number of hydrogen-bond acceptors (Lipinski definition) is 5. The summed E-state index contributed by atoms with van der Waals surface area (Å²) in [4.78, 5) is 19.0. The fourth-order valence-corrected chi connectivity index (χ4v) is 5.15. The maximum absolute atomic E-state index is 11.4. The third-order valence-electron chi connectivity index (χ3n) is 7.14. The summed E-state index contributed by atoms with van der Waals surface area (Å²) < 4.78 is 5.82. The van der Waals surface area contributed by atoms with Crippen LogP contribution in [0.2, 0.25) is 0 Å². The number of fused-ring (bicyclic) bond motifs is 1. The van der Waals surface area contributed by atoms with Crippen LogP contribution >= 0.6 is 0 Å². The van der Waals surface area contributed by atoms with Gasteiger partial charge in [0.15, 0.2) is 0 Å². The van der Waals surface area contributed by atoms with Crippen LogP contribution in [0.15, 0.2) is 82.9 Å². The number of aliphatic hydroxyl groups is 1. The third-order valence-corrected chi connectivity index (χ3v) is 7.14. The van der Waals surface area contributed by atoms with Crippen molar-refractivity contribution in [2.45, 2.75) is 31.8 Å².